The lowest BCUT2D eigenvalue weighted by molar-refractivity contribution is 0.768. The summed E-state index contributed by atoms with van der Waals surface area (Å²) in [6.45, 7) is 5.23. The standard InChI is InChI=1S/C68H50Si/c1-69(2)65(49-41-43-57-55-37-21-23-39-59(55)67(61(57)45-49,51-29-13-5-14-30-51)52-31-15-6-16-32-52)63(47-25-9-3-10-26-47)64(48-27-11-4-12-28-48)66(69)50-42-44-58-56-38-22-24-40-60(56)68(62(58)46-50,53-33-17-7-18-34-53)54-35-19-8-20-36-54/h3-46H,1-2H3. The van der Waals surface area contributed by atoms with Crippen LogP contribution in [0.3, 0.4) is 0 Å². The number of allylic oxidation sites excluding steroid dienone is 2. The summed E-state index contributed by atoms with van der Waals surface area (Å²) in [4.78, 5) is 0. The highest BCUT2D eigenvalue weighted by molar-refractivity contribution is 7.13. The van der Waals surface area contributed by atoms with E-state index in [0.717, 1.165) is 0 Å². The van der Waals surface area contributed by atoms with Crippen LogP contribution in [-0.4, -0.2) is 8.07 Å². The minimum Gasteiger partial charge on any atom is -0.0622 e. The van der Waals surface area contributed by atoms with Crippen molar-refractivity contribution in [1.82, 2.24) is 0 Å². The normalized spacial score (nSPS) is 15.6. The molecule has 0 radical (unpaired) electrons. The van der Waals surface area contributed by atoms with Crippen molar-refractivity contribution in [2.45, 2.75) is 23.9 Å². The first-order chi connectivity index (χ1) is 34.0. The molecule has 1 heteroatoms. The average Bonchev–Trinajstić information content (AvgIpc) is 3.99. The predicted octanol–water partition coefficient (Wildman–Crippen LogP) is 16.7. The zero-order valence-electron chi connectivity index (χ0n) is 38.9. The molecule has 0 spiro atoms. The largest absolute Gasteiger partial charge is 0.115 e. The molecule has 13 rings (SSSR count). The van der Waals surface area contributed by atoms with Gasteiger partial charge in [-0.15, -0.1) is 0 Å². The Kier molecular flexibility index (Phi) is 9.54. The first kappa shape index (κ1) is 41.1. The molecule has 3 aliphatic rings. The molecule has 0 saturated carbocycles. The smallest absolute Gasteiger partial charge is 0.0622 e. The fourth-order valence-electron chi connectivity index (χ4n) is 13.0. The number of rotatable bonds is 8. The van der Waals surface area contributed by atoms with Crippen LogP contribution in [-0.2, 0) is 10.8 Å². The van der Waals surface area contributed by atoms with E-state index >= 15 is 0 Å². The van der Waals surface area contributed by atoms with Gasteiger partial charge in [0, 0.05) is 0 Å². The molecule has 0 atom stereocenters. The highest BCUT2D eigenvalue weighted by Crippen LogP contribution is 2.62. The molecule has 2 aliphatic carbocycles. The molecule has 0 unspecified atom stereocenters. The Balaban J connectivity index is 1.10. The van der Waals surface area contributed by atoms with Crippen LogP contribution >= 0.6 is 0 Å². The monoisotopic (exact) mass is 894 g/mol. The predicted molar refractivity (Wildman–Crippen MR) is 291 cm³/mol. The SMILES string of the molecule is C[Si]1(C)C(c2ccc3c(c2)C(c2ccccc2)(c2ccccc2)c2ccccc2-3)=C(c2ccccc2)C(c2ccccc2)=C1c1ccc2c(c1)C(c1ccccc1)(c1ccccc1)c1ccccc1-2. The second-order valence-corrected chi connectivity index (χ2v) is 23.7. The first-order valence-corrected chi connectivity index (χ1v) is 27.3. The second kappa shape index (κ2) is 16.0. The summed E-state index contributed by atoms with van der Waals surface area (Å²) in [6.07, 6.45) is 0. The molecular formula is C68H50Si. The van der Waals surface area contributed by atoms with Gasteiger partial charge in [0.1, 0.15) is 8.07 Å². The zero-order chi connectivity index (χ0) is 46.2. The highest BCUT2D eigenvalue weighted by atomic mass is 28.3. The van der Waals surface area contributed by atoms with Crippen molar-refractivity contribution in [2.24, 2.45) is 0 Å². The Morgan fingerprint density at radius 2 is 0.522 bits per heavy atom. The summed E-state index contributed by atoms with van der Waals surface area (Å²) < 4.78 is 0. The molecule has 1 heterocycles. The molecule has 0 aromatic heterocycles. The van der Waals surface area contributed by atoms with E-state index in [1.165, 1.54) is 111 Å². The molecule has 0 N–H and O–H groups in total. The maximum atomic E-state index is 2.61. The van der Waals surface area contributed by atoms with Crippen LogP contribution in [0.4, 0.5) is 0 Å². The summed E-state index contributed by atoms with van der Waals surface area (Å²) >= 11 is 0. The number of benzene rings is 10. The van der Waals surface area contributed by atoms with Gasteiger partial charge in [0.2, 0.25) is 0 Å². The van der Waals surface area contributed by atoms with Gasteiger partial charge in [-0.05, 0) is 123 Å². The summed E-state index contributed by atoms with van der Waals surface area (Å²) in [5, 5.41) is 2.94. The third-order valence-corrected chi connectivity index (χ3v) is 19.2. The van der Waals surface area contributed by atoms with Crippen molar-refractivity contribution in [2.75, 3.05) is 0 Å². The topological polar surface area (TPSA) is 0 Å². The quantitative estimate of drug-likeness (QED) is 0.133. The molecule has 0 bridgehead atoms. The molecule has 0 saturated heterocycles. The lowest BCUT2D eigenvalue weighted by Crippen LogP contribution is -2.31. The van der Waals surface area contributed by atoms with Crippen molar-refractivity contribution in [3.05, 3.63) is 334 Å². The first-order valence-electron chi connectivity index (χ1n) is 24.3. The summed E-state index contributed by atoms with van der Waals surface area (Å²) in [6, 6.07) is 101. The third-order valence-electron chi connectivity index (χ3n) is 15.6. The lowest BCUT2D eigenvalue weighted by Gasteiger charge is -2.35. The molecule has 0 amide bonds. The van der Waals surface area contributed by atoms with Gasteiger partial charge in [0.15, 0.2) is 0 Å². The molecule has 69 heavy (non-hydrogen) atoms. The van der Waals surface area contributed by atoms with E-state index in [-0.39, 0.29) is 0 Å². The van der Waals surface area contributed by atoms with Gasteiger partial charge >= 0.3 is 0 Å². The van der Waals surface area contributed by atoms with E-state index in [0.29, 0.717) is 0 Å². The van der Waals surface area contributed by atoms with Crippen LogP contribution in [0.15, 0.2) is 267 Å². The lowest BCUT2D eigenvalue weighted by atomic mass is 9.67. The molecule has 10 aromatic rings. The Morgan fingerprint density at radius 3 is 0.855 bits per heavy atom. The van der Waals surface area contributed by atoms with Crippen LogP contribution in [0.25, 0.3) is 43.8 Å². The van der Waals surface area contributed by atoms with Crippen LogP contribution in [0.1, 0.15) is 66.8 Å². The number of fused-ring (bicyclic) bond motifs is 6. The van der Waals surface area contributed by atoms with Gasteiger partial charge in [0.25, 0.3) is 0 Å². The van der Waals surface area contributed by atoms with E-state index in [4.69, 9.17) is 0 Å². The van der Waals surface area contributed by atoms with Crippen molar-refractivity contribution >= 4 is 29.6 Å². The summed E-state index contributed by atoms with van der Waals surface area (Å²) in [5.41, 5.74) is 22.4. The van der Waals surface area contributed by atoms with E-state index < -0.39 is 18.9 Å². The van der Waals surface area contributed by atoms with Crippen molar-refractivity contribution in [3.8, 4) is 22.3 Å². The van der Waals surface area contributed by atoms with E-state index in [2.05, 4.69) is 280 Å². The Labute approximate surface area is 407 Å². The van der Waals surface area contributed by atoms with Crippen LogP contribution < -0.4 is 0 Å². The maximum Gasteiger partial charge on any atom is 0.115 e. The van der Waals surface area contributed by atoms with Crippen LogP contribution in [0.5, 0.6) is 0 Å². The number of hydrogen-bond acceptors (Lipinski definition) is 0. The van der Waals surface area contributed by atoms with Crippen molar-refractivity contribution < 1.29 is 0 Å². The third kappa shape index (κ3) is 5.94. The van der Waals surface area contributed by atoms with E-state index in [9.17, 15) is 0 Å². The van der Waals surface area contributed by atoms with E-state index in [1.54, 1.807) is 0 Å². The van der Waals surface area contributed by atoms with Gasteiger partial charge in [-0.25, -0.2) is 0 Å². The fraction of sp³-hybridized carbons (Fsp3) is 0.0588. The maximum absolute atomic E-state index is 2.65. The van der Waals surface area contributed by atoms with Crippen molar-refractivity contribution in [1.29, 1.82) is 0 Å². The van der Waals surface area contributed by atoms with Crippen LogP contribution in [0, 0.1) is 0 Å². The Hall–Kier alpha value is -8.10. The Morgan fingerprint density at radius 1 is 0.246 bits per heavy atom. The van der Waals surface area contributed by atoms with Gasteiger partial charge in [0.05, 0.1) is 10.8 Å². The van der Waals surface area contributed by atoms with Gasteiger partial charge in [-0.3, -0.25) is 0 Å². The number of hydrogen-bond donors (Lipinski definition) is 0. The molecule has 1 aliphatic heterocycles. The minimum absolute atomic E-state index is 0.506. The summed E-state index contributed by atoms with van der Waals surface area (Å²) in [5.74, 6) is 0. The molecule has 10 aromatic carbocycles. The molecule has 0 nitrogen and oxygen atoms in total. The van der Waals surface area contributed by atoms with Gasteiger partial charge in [-0.1, -0.05) is 268 Å². The fourth-order valence-corrected chi connectivity index (χ4v) is 16.8. The average molecular weight is 895 g/mol. The molecule has 326 valence electrons. The second-order valence-electron chi connectivity index (χ2n) is 19.4. The highest BCUT2D eigenvalue weighted by Gasteiger charge is 2.50. The molecular weight excluding hydrogens is 845 g/mol. The molecule has 0 fully saturated rings. The van der Waals surface area contributed by atoms with Crippen molar-refractivity contribution in [3.63, 3.8) is 0 Å². The van der Waals surface area contributed by atoms with Crippen LogP contribution in [0.2, 0.25) is 13.1 Å². The van der Waals surface area contributed by atoms with E-state index in [1.807, 2.05) is 0 Å². The van der Waals surface area contributed by atoms with Gasteiger partial charge in [-0.2, -0.15) is 0 Å². The zero-order valence-corrected chi connectivity index (χ0v) is 39.9. The minimum atomic E-state index is -2.65. The van der Waals surface area contributed by atoms with Gasteiger partial charge < -0.3 is 0 Å². The Bertz CT molecular complexity index is 3320. The summed E-state index contributed by atoms with van der Waals surface area (Å²) in [7, 11) is -2.65.